The van der Waals surface area contributed by atoms with Crippen molar-refractivity contribution in [3.05, 3.63) is 83.7 Å². The average Bonchev–Trinajstić information content (AvgIpc) is 2.99. The number of nitrogens with one attached hydrogen (secondary N) is 2. The number of hydrogen-bond acceptors (Lipinski definition) is 7. The molecule has 242 valence electrons. The van der Waals surface area contributed by atoms with Crippen LogP contribution < -0.4 is 15.4 Å². The number of carbonyl (C=O) groups is 2. The van der Waals surface area contributed by atoms with Gasteiger partial charge in [-0.25, -0.2) is 9.97 Å². The first kappa shape index (κ1) is 32.8. The van der Waals surface area contributed by atoms with Gasteiger partial charge in [0.1, 0.15) is 17.9 Å². The zero-order chi connectivity index (χ0) is 33.0. The minimum absolute atomic E-state index is 0.0558. The van der Waals surface area contributed by atoms with Gasteiger partial charge >= 0.3 is 6.18 Å². The number of hydrogen-bond donors (Lipinski definition) is 2. The second-order valence-electron chi connectivity index (χ2n) is 11.8. The highest BCUT2D eigenvalue weighted by Gasteiger charge is 2.34. The standard InChI is InChI=1S/C34H37F3N6O3/c1-21-7-5-9-26(43(21)4)19-42(3)18-24-11-12-25(16-30(24)34(35,36)37)41-33(45)29-10-6-8-23-15-27(13-14-28(23)29)46-32-17-31(38-20-39-32)40-22(2)44/h6,8,10-17,20-21,26H,5,7,9,18-19H2,1-4H3,(H,41,45)(H,38,39,40,44). The molecule has 12 heteroatoms. The molecule has 2 atom stereocenters. The number of amides is 2. The lowest BCUT2D eigenvalue weighted by Gasteiger charge is -2.39. The van der Waals surface area contributed by atoms with Crippen LogP contribution in [0.4, 0.5) is 24.7 Å². The highest BCUT2D eigenvalue weighted by Crippen LogP contribution is 2.35. The molecule has 46 heavy (non-hydrogen) atoms. The van der Waals surface area contributed by atoms with E-state index in [1.807, 2.05) is 11.9 Å². The van der Waals surface area contributed by atoms with Crippen molar-refractivity contribution >= 4 is 34.1 Å². The average molecular weight is 635 g/mol. The lowest BCUT2D eigenvalue weighted by atomic mass is 9.96. The van der Waals surface area contributed by atoms with Crippen LogP contribution in [0.3, 0.4) is 0 Å². The molecule has 2 N–H and O–H groups in total. The number of piperidine rings is 1. The van der Waals surface area contributed by atoms with Crippen LogP contribution in [-0.2, 0) is 17.5 Å². The van der Waals surface area contributed by atoms with Gasteiger partial charge in [-0.05, 0) is 86.6 Å². The van der Waals surface area contributed by atoms with E-state index >= 15 is 0 Å². The number of carbonyl (C=O) groups excluding carboxylic acids is 2. The number of nitrogens with zero attached hydrogens (tertiary/aromatic N) is 4. The molecule has 0 radical (unpaired) electrons. The van der Waals surface area contributed by atoms with Crippen LogP contribution in [0, 0.1) is 0 Å². The summed E-state index contributed by atoms with van der Waals surface area (Å²) in [6.07, 6.45) is -0.0648. The van der Waals surface area contributed by atoms with Gasteiger partial charge in [-0.1, -0.05) is 24.6 Å². The van der Waals surface area contributed by atoms with Crippen molar-refractivity contribution in [2.75, 3.05) is 31.3 Å². The number of likely N-dealkylation sites (N-methyl/N-ethyl adjacent to an activating group) is 2. The second-order valence-corrected chi connectivity index (χ2v) is 11.8. The first-order valence-corrected chi connectivity index (χ1v) is 15.1. The molecule has 1 saturated heterocycles. The number of halogens is 3. The van der Waals surface area contributed by atoms with E-state index in [1.165, 1.54) is 31.5 Å². The fourth-order valence-corrected chi connectivity index (χ4v) is 5.89. The first-order valence-electron chi connectivity index (χ1n) is 15.1. The summed E-state index contributed by atoms with van der Waals surface area (Å²) in [6.45, 7) is 4.35. The van der Waals surface area contributed by atoms with Gasteiger partial charge in [0.05, 0.1) is 5.56 Å². The van der Waals surface area contributed by atoms with E-state index in [9.17, 15) is 22.8 Å². The Balaban J connectivity index is 1.31. The molecular weight excluding hydrogens is 597 g/mol. The van der Waals surface area contributed by atoms with Gasteiger partial charge < -0.3 is 20.3 Å². The van der Waals surface area contributed by atoms with Gasteiger partial charge in [0, 0.05) is 49.4 Å². The lowest BCUT2D eigenvalue weighted by Crippen LogP contribution is -2.47. The Morgan fingerprint density at radius 1 is 1.04 bits per heavy atom. The van der Waals surface area contributed by atoms with E-state index in [1.54, 1.807) is 36.4 Å². The van der Waals surface area contributed by atoms with Crippen LogP contribution in [0.1, 0.15) is 54.6 Å². The van der Waals surface area contributed by atoms with Crippen molar-refractivity contribution in [3.63, 3.8) is 0 Å². The Hall–Kier alpha value is -4.55. The quantitative estimate of drug-likeness (QED) is 0.205. The van der Waals surface area contributed by atoms with Crippen LogP contribution >= 0.6 is 0 Å². The molecule has 1 fully saturated rings. The molecule has 9 nitrogen and oxygen atoms in total. The van der Waals surface area contributed by atoms with Gasteiger partial charge in [0.2, 0.25) is 11.8 Å². The maximum absolute atomic E-state index is 14.2. The highest BCUT2D eigenvalue weighted by atomic mass is 19.4. The molecule has 0 bridgehead atoms. The summed E-state index contributed by atoms with van der Waals surface area (Å²) in [5.74, 6) is 0.0955. The van der Waals surface area contributed by atoms with Gasteiger partial charge in [0.25, 0.3) is 5.91 Å². The zero-order valence-corrected chi connectivity index (χ0v) is 26.2. The summed E-state index contributed by atoms with van der Waals surface area (Å²) in [6, 6.07) is 16.3. The summed E-state index contributed by atoms with van der Waals surface area (Å²) in [5.41, 5.74) is -0.263. The third kappa shape index (κ3) is 7.99. The molecule has 1 aromatic heterocycles. The molecular formula is C34H37F3N6O3. The van der Waals surface area contributed by atoms with Crippen LogP contribution in [0.25, 0.3) is 10.8 Å². The normalized spacial score (nSPS) is 17.2. The van der Waals surface area contributed by atoms with Gasteiger partial charge in [-0.2, -0.15) is 13.2 Å². The number of fused-ring (bicyclic) bond motifs is 1. The van der Waals surface area contributed by atoms with E-state index in [0.29, 0.717) is 40.7 Å². The molecule has 1 aliphatic rings. The van der Waals surface area contributed by atoms with Crippen molar-refractivity contribution in [1.82, 2.24) is 19.8 Å². The van der Waals surface area contributed by atoms with Crippen molar-refractivity contribution < 1.29 is 27.5 Å². The number of rotatable bonds is 9. The van der Waals surface area contributed by atoms with E-state index in [2.05, 4.69) is 39.5 Å². The molecule has 0 saturated carbocycles. The molecule has 2 unspecified atom stereocenters. The van der Waals surface area contributed by atoms with E-state index < -0.39 is 17.6 Å². The fourth-order valence-electron chi connectivity index (χ4n) is 5.89. The summed E-state index contributed by atoms with van der Waals surface area (Å²) in [5, 5.41) is 6.48. The molecule has 3 aromatic carbocycles. The Bertz CT molecular complexity index is 1730. The van der Waals surface area contributed by atoms with Crippen molar-refractivity contribution in [3.8, 4) is 11.6 Å². The Kier molecular flexibility index (Phi) is 9.88. The Labute approximate surface area is 265 Å². The third-order valence-electron chi connectivity index (χ3n) is 8.33. The number of alkyl halides is 3. The molecule has 0 aliphatic carbocycles. The first-order chi connectivity index (χ1) is 21.9. The Morgan fingerprint density at radius 2 is 1.85 bits per heavy atom. The summed E-state index contributed by atoms with van der Waals surface area (Å²) in [7, 11) is 3.92. The monoisotopic (exact) mass is 634 g/mol. The van der Waals surface area contributed by atoms with Gasteiger partial charge in [0.15, 0.2) is 0 Å². The van der Waals surface area contributed by atoms with Crippen LogP contribution in [0.5, 0.6) is 11.6 Å². The van der Waals surface area contributed by atoms with E-state index in [4.69, 9.17) is 4.74 Å². The smallest absolute Gasteiger partial charge is 0.416 e. The van der Waals surface area contributed by atoms with E-state index in [0.717, 1.165) is 25.3 Å². The lowest BCUT2D eigenvalue weighted by molar-refractivity contribution is -0.138. The minimum atomic E-state index is -4.59. The highest BCUT2D eigenvalue weighted by molar-refractivity contribution is 6.13. The zero-order valence-electron chi connectivity index (χ0n) is 26.2. The van der Waals surface area contributed by atoms with Gasteiger partial charge in [-0.3, -0.25) is 14.5 Å². The fraction of sp³-hybridized carbons (Fsp3) is 0.353. The van der Waals surface area contributed by atoms with Crippen molar-refractivity contribution in [2.24, 2.45) is 0 Å². The largest absolute Gasteiger partial charge is 0.439 e. The molecule has 1 aliphatic heterocycles. The number of benzene rings is 3. The van der Waals surface area contributed by atoms with Crippen molar-refractivity contribution in [1.29, 1.82) is 0 Å². The summed E-state index contributed by atoms with van der Waals surface area (Å²) < 4.78 is 48.5. The van der Waals surface area contributed by atoms with Gasteiger partial charge in [-0.15, -0.1) is 0 Å². The molecule has 2 heterocycles. The van der Waals surface area contributed by atoms with Crippen molar-refractivity contribution in [2.45, 2.75) is 57.9 Å². The topological polar surface area (TPSA) is 99.7 Å². The third-order valence-corrected chi connectivity index (χ3v) is 8.33. The van der Waals surface area contributed by atoms with Crippen LogP contribution in [-0.4, -0.2) is 64.3 Å². The number of ether oxygens (including phenoxy) is 1. The molecule has 2 amide bonds. The van der Waals surface area contributed by atoms with Crippen LogP contribution in [0.2, 0.25) is 0 Å². The summed E-state index contributed by atoms with van der Waals surface area (Å²) >= 11 is 0. The molecule has 5 rings (SSSR count). The number of aromatic nitrogens is 2. The maximum Gasteiger partial charge on any atom is 0.416 e. The maximum atomic E-state index is 14.2. The Morgan fingerprint density at radius 3 is 2.61 bits per heavy atom. The molecule has 0 spiro atoms. The number of anilines is 2. The second kappa shape index (κ2) is 13.8. The predicted molar refractivity (Wildman–Crippen MR) is 171 cm³/mol. The SMILES string of the molecule is CC(=O)Nc1cc(Oc2ccc3c(C(=O)Nc4ccc(CN(C)CC5CCCC(C)N5C)c(C(F)(F)F)c4)cccc3c2)ncn1. The minimum Gasteiger partial charge on any atom is -0.439 e. The van der Waals surface area contributed by atoms with E-state index in [-0.39, 0.29) is 35.4 Å². The van der Waals surface area contributed by atoms with Crippen LogP contribution in [0.15, 0.2) is 67.0 Å². The number of likely N-dealkylation sites (tertiary alicyclic amines) is 1. The predicted octanol–water partition coefficient (Wildman–Crippen LogP) is 6.96. The summed E-state index contributed by atoms with van der Waals surface area (Å²) in [4.78, 5) is 36.9. The molecule has 4 aromatic rings.